The van der Waals surface area contributed by atoms with Gasteiger partial charge in [0.05, 0.1) is 6.10 Å². The van der Waals surface area contributed by atoms with Crippen LogP contribution in [0.4, 0.5) is 0 Å². The van der Waals surface area contributed by atoms with E-state index in [1.165, 1.54) is 0 Å². The maximum atomic E-state index is 12.4. The third-order valence-electron chi connectivity index (χ3n) is 3.70. The molecule has 5 nitrogen and oxygen atoms in total. The average Bonchev–Trinajstić information content (AvgIpc) is 2.51. The maximum absolute atomic E-state index is 12.4. The number of amides is 2. The third kappa shape index (κ3) is 6.71. The average molecular weight is 334 g/mol. The monoisotopic (exact) mass is 334 g/mol. The first kappa shape index (κ1) is 20.2. The Morgan fingerprint density at radius 1 is 1.12 bits per heavy atom. The van der Waals surface area contributed by atoms with Crippen LogP contribution in [-0.2, 0) is 9.53 Å². The van der Waals surface area contributed by atoms with Gasteiger partial charge in [-0.3, -0.25) is 9.59 Å². The van der Waals surface area contributed by atoms with Gasteiger partial charge in [-0.15, -0.1) is 0 Å². The van der Waals surface area contributed by atoms with Crippen LogP contribution in [0.25, 0.3) is 0 Å². The summed E-state index contributed by atoms with van der Waals surface area (Å²) in [6.45, 7) is 10.8. The molecule has 0 spiro atoms. The summed E-state index contributed by atoms with van der Waals surface area (Å²) in [5.41, 5.74) is 1.49. The summed E-state index contributed by atoms with van der Waals surface area (Å²) < 4.78 is 5.45. The lowest BCUT2D eigenvalue weighted by Gasteiger charge is -2.22. The predicted octanol–water partition coefficient (Wildman–Crippen LogP) is 2.68. The number of nitrogens with one attached hydrogen (secondary N) is 2. The lowest BCUT2D eigenvalue weighted by molar-refractivity contribution is -0.124. The minimum absolute atomic E-state index is 0.00452. The van der Waals surface area contributed by atoms with Crippen molar-refractivity contribution in [1.29, 1.82) is 0 Å². The Morgan fingerprint density at radius 2 is 1.79 bits per heavy atom. The topological polar surface area (TPSA) is 67.4 Å². The van der Waals surface area contributed by atoms with E-state index in [0.29, 0.717) is 18.7 Å². The summed E-state index contributed by atoms with van der Waals surface area (Å²) in [4.78, 5) is 24.8. The zero-order chi connectivity index (χ0) is 18.1. The van der Waals surface area contributed by atoms with E-state index in [2.05, 4.69) is 10.6 Å². The fraction of sp³-hybridized carbons (Fsp3) is 0.579. The summed E-state index contributed by atoms with van der Waals surface area (Å²) in [6.07, 6.45) is 0.943. The van der Waals surface area contributed by atoms with Gasteiger partial charge in [0.2, 0.25) is 5.91 Å². The Labute approximate surface area is 145 Å². The van der Waals surface area contributed by atoms with Crippen LogP contribution in [0.5, 0.6) is 0 Å². The van der Waals surface area contributed by atoms with E-state index in [4.69, 9.17) is 4.74 Å². The molecule has 0 radical (unpaired) electrons. The number of hydrogen-bond donors (Lipinski definition) is 2. The van der Waals surface area contributed by atoms with E-state index in [-0.39, 0.29) is 23.8 Å². The molecule has 0 aliphatic rings. The van der Waals surface area contributed by atoms with Crippen molar-refractivity contribution >= 4 is 11.8 Å². The molecule has 0 saturated heterocycles. The molecule has 0 heterocycles. The Morgan fingerprint density at radius 3 is 2.38 bits per heavy atom. The summed E-state index contributed by atoms with van der Waals surface area (Å²) >= 11 is 0. The molecule has 5 heteroatoms. The molecule has 0 aromatic heterocycles. The molecule has 1 rings (SSSR count). The van der Waals surface area contributed by atoms with Gasteiger partial charge in [0.1, 0.15) is 6.04 Å². The molecule has 0 aliphatic carbocycles. The quantitative estimate of drug-likeness (QED) is 0.682. The zero-order valence-corrected chi connectivity index (χ0v) is 15.4. The fourth-order valence-electron chi connectivity index (χ4n) is 2.29. The molecule has 1 aromatic rings. The second kappa shape index (κ2) is 10.1. The lowest BCUT2D eigenvalue weighted by Crippen LogP contribution is -2.50. The van der Waals surface area contributed by atoms with Crippen molar-refractivity contribution in [2.45, 2.75) is 53.2 Å². The van der Waals surface area contributed by atoms with Gasteiger partial charge in [-0.05, 0) is 44.7 Å². The van der Waals surface area contributed by atoms with Gasteiger partial charge < -0.3 is 15.4 Å². The Balaban J connectivity index is 2.55. The third-order valence-corrected chi connectivity index (χ3v) is 3.70. The smallest absolute Gasteiger partial charge is 0.252 e. The number of carbonyl (C=O) groups is 2. The number of benzene rings is 1. The summed E-state index contributed by atoms with van der Waals surface area (Å²) in [6, 6.07) is 6.80. The Bertz CT molecular complexity index is 541. The van der Waals surface area contributed by atoms with Crippen LogP contribution in [-0.4, -0.2) is 37.1 Å². The lowest BCUT2D eigenvalue weighted by atomic mass is 10.0. The Hall–Kier alpha value is -1.88. The molecular weight excluding hydrogens is 304 g/mol. The highest BCUT2D eigenvalue weighted by Crippen LogP contribution is 2.09. The van der Waals surface area contributed by atoms with Crippen molar-refractivity contribution in [1.82, 2.24) is 10.6 Å². The molecular formula is C19H30N2O3. The molecule has 0 fully saturated rings. The van der Waals surface area contributed by atoms with Crippen molar-refractivity contribution in [2.24, 2.45) is 5.92 Å². The van der Waals surface area contributed by atoms with Crippen LogP contribution in [0.2, 0.25) is 0 Å². The standard InChI is InChI=1S/C19H30N2O3/c1-13(2)17(19(23)20-11-8-12-24-14(3)4)21-18(22)16-10-7-6-9-15(16)5/h6-7,9-10,13-14,17H,8,11-12H2,1-5H3,(H,20,23)(H,21,22). The molecule has 0 bridgehead atoms. The number of carbonyl (C=O) groups excluding carboxylic acids is 2. The van der Waals surface area contributed by atoms with Gasteiger partial charge in [-0.25, -0.2) is 0 Å². The largest absolute Gasteiger partial charge is 0.379 e. The second-order valence-corrected chi connectivity index (χ2v) is 6.57. The van der Waals surface area contributed by atoms with Crippen LogP contribution in [0.15, 0.2) is 24.3 Å². The fourth-order valence-corrected chi connectivity index (χ4v) is 2.29. The Kier molecular flexibility index (Phi) is 8.47. The first-order valence-corrected chi connectivity index (χ1v) is 8.58. The van der Waals surface area contributed by atoms with E-state index < -0.39 is 6.04 Å². The van der Waals surface area contributed by atoms with Crippen molar-refractivity contribution < 1.29 is 14.3 Å². The minimum Gasteiger partial charge on any atom is -0.379 e. The summed E-state index contributed by atoms with van der Waals surface area (Å²) in [5.74, 6) is -0.369. The summed E-state index contributed by atoms with van der Waals surface area (Å²) in [5, 5.41) is 5.73. The number of aryl methyl sites for hydroxylation is 1. The van der Waals surface area contributed by atoms with E-state index in [1.54, 1.807) is 6.07 Å². The van der Waals surface area contributed by atoms with E-state index in [0.717, 1.165) is 12.0 Å². The minimum atomic E-state index is -0.553. The SMILES string of the molecule is Cc1ccccc1C(=O)NC(C(=O)NCCCOC(C)C)C(C)C. The molecule has 1 atom stereocenters. The summed E-state index contributed by atoms with van der Waals surface area (Å²) in [7, 11) is 0. The molecule has 0 aliphatic heterocycles. The zero-order valence-electron chi connectivity index (χ0n) is 15.4. The van der Waals surface area contributed by atoms with Crippen molar-refractivity contribution in [3.8, 4) is 0 Å². The van der Waals surface area contributed by atoms with Crippen LogP contribution in [0, 0.1) is 12.8 Å². The van der Waals surface area contributed by atoms with Gasteiger partial charge in [-0.1, -0.05) is 32.0 Å². The van der Waals surface area contributed by atoms with Gasteiger partial charge in [0, 0.05) is 18.7 Å². The highest BCUT2D eigenvalue weighted by Gasteiger charge is 2.24. The van der Waals surface area contributed by atoms with Gasteiger partial charge in [-0.2, -0.15) is 0 Å². The number of ether oxygens (including phenoxy) is 1. The first-order chi connectivity index (χ1) is 11.3. The number of rotatable bonds is 9. The van der Waals surface area contributed by atoms with Crippen LogP contribution in [0.1, 0.15) is 50.0 Å². The van der Waals surface area contributed by atoms with Gasteiger partial charge in [0.15, 0.2) is 0 Å². The molecule has 24 heavy (non-hydrogen) atoms. The molecule has 2 N–H and O–H groups in total. The van der Waals surface area contributed by atoms with Gasteiger partial charge >= 0.3 is 0 Å². The van der Waals surface area contributed by atoms with Crippen LogP contribution < -0.4 is 10.6 Å². The molecule has 1 aromatic carbocycles. The van der Waals surface area contributed by atoms with Crippen molar-refractivity contribution in [2.75, 3.05) is 13.2 Å². The van der Waals surface area contributed by atoms with E-state index in [1.807, 2.05) is 52.8 Å². The second-order valence-electron chi connectivity index (χ2n) is 6.57. The molecule has 1 unspecified atom stereocenters. The molecule has 0 saturated carbocycles. The molecule has 2 amide bonds. The van der Waals surface area contributed by atoms with E-state index in [9.17, 15) is 9.59 Å². The highest BCUT2D eigenvalue weighted by atomic mass is 16.5. The number of hydrogen-bond acceptors (Lipinski definition) is 3. The van der Waals surface area contributed by atoms with E-state index >= 15 is 0 Å². The van der Waals surface area contributed by atoms with Crippen LogP contribution >= 0.6 is 0 Å². The molecule has 134 valence electrons. The van der Waals surface area contributed by atoms with Crippen molar-refractivity contribution in [3.63, 3.8) is 0 Å². The van der Waals surface area contributed by atoms with Crippen LogP contribution in [0.3, 0.4) is 0 Å². The van der Waals surface area contributed by atoms with Gasteiger partial charge in [0.25, 0.3) is 5.91 Å². The van der Waals surface area contributed by atoms with Crippen molar-refractivity contribution in [3.05, 3.63) is 35.4 Å². The maximum Gasteiger partial charge on any atom is 0.252 e. The normalized spacial score (nSPS) is 12.3. The highest BCUT2D eigenvalue weighted by molar-refractivity contribution is 5.98. The predicted molar refractivity (Wildman–Crippen MR) is 96.0 cm³/mol. The first-order valence-electron chi connectivity index (χ1n) is 8.58.